The fourth-order valence-corrected chi connectivity index (χ4v) is 2.38. The number of carboxylic acids is 1. The molecular weight excluding hydrogens is 272 g/mol. The van der Waals surface area contributed by atoms with E-state index in [1.54, 1.807) is 17.0 Å². The molecule has 1 aromatic carbocycles. The van der Waals surface area contributed by atoms with Crippen molar-refractivity contribution in [2.75, 3.05) is 11.9 Å². The zero-order valence-corrected chi connectivity index (χ0v) is 12.0. The molecule has 1 saturated heterocycles. The van der Waals surface area contributed by atoms with Crippen molar-refractivity contribution in [1.82, 2.24) is 4.90 Å². The minimum Gasteiger partial charge on any atom is -0.478 e. The number of aromatic carboxylic acids is 1. The molecule has 1 atom stereocenters. The molecule has 0 aliphatic carbocycles. The number of anilines is 1. The second-order valence-corrected chi connectivity index (χ2v) is 5.42. The van der Waals surface area contributed by atoms with Gasteiger partial charge in [0.05, 0.1) is 11.5 Å². The Hall–Kier alpha value is -2.37. The van der Waals surface area contributed by atoms with Crippen LogP contribution >= 0.6 is 0 Å². The van der Waals surface area contributed by atoms with Gasteiger partial charge in [0.15, 0.2) is 0 Å². The number of rotatable bonds is 4. The van der Waals surface area contributed by atoms with Gasteiger partial charge in [0.25, 0.3) is 0 Å². The molecule has 1 unspecified atom stereocenters. The van der Waals surface area contributed by atoms with Crippen LogP contribution in [-0.2, 0) is 9.59 Å². The molecule has 0 aromatic heterocycles. The maximum atomic E-state index is 12.2. The van der Waals surface area contributed by atoms with Gasteiger partial charge in [-0.1, -0.05) is 6.07 Å². The van der Waals surface area contributed by atoms with Gasteiger partial charge >= 0.3 is 5.97 Å². The van der Waals surface area contributed by atoms with Gasteiger partial charge in [0.1, 0.15) is 0 Å². The van der Waals surface area contributed by atoms with Crippen LogP contribution in [-0.4, -0.2) is 40.4 Å². The summed E-state index contributed by atoms with van der Waals surface area (Å²) in [5.74, 6) is -1.72. The first-order chi connectivity index (χ1) is 9.88. The first kappa shape index (κ1) is 15.0. The van der Waals surface area contributed by atoms with Crippen LogP contribution in [0, 0.1) is 5.92 Å². The Morgan fingerprint density at radius 1 is 1.38 bits per heavy atom. The van der Waals surface area contributed by atoms with E-state index in [9.17, 15) is 14.4 Å². The predicted octanol–water partition coefficient (Wildman–Crippen LogP) is 1.58. The zero-order chi connectivity index (χ0) is 15.6. The van der Waals surface area contributed by atoms with E-state index >= 15 is 0 Å². The lowest BCUT2D eigenvalue weighted by Gasteiger charge is -2.20. The maximum absolute atomic E-state index is 12.2. The molecule has 1 aliphatic rings. The van der Waals surface area contributed by atoms with E-state index in [-0.39, 0.29) is 29.8 Å². The monoisotopic (exact) mass is 290 g/mol. The van der Waals surface area contributed by atoms with Gasteiger partial charge in [-0.2, -0.15) is 0 Å². The van der Waals surface area contributed by atoms with E-state index in [1.807, 2.05) is 13.8 Å². The number of hydrogen-bond acceptors (Lipinski definition) is 3. The molecular formula is C15H18N2O4. The Bertz CT molecular complexity index is 583. The predicted molar refractivity (Wildman–Crippen MR) is 77.0 cm³/mol. The van der Waals surface area contributed by atoms with Crippen molar-refractivity contribution in [1.29, 1.82) is 0 Å². The SMILES string of the molecule is CC(C)N1CC(C(=O)Nc2cccc(C(=O)O)c2)CC1=O. The quantitative estimate of drug-likeness (QED) is 0.881. The van der Waals surface area contributed by atoms with Crippen molar-refractivity contribution in [3.05, 3.63) is 29.8 Å². The largest absolute Gasteiger partial charge is 0.478 e. The molecule has 0 spiro atoms. The molecule has 0 radical (unpaired) electrons. The first-order valence-electron chi connectivity index (χ1n) is 6.82. The van der Waals surface area contributed by atoms with Crippen molar-refractivity contribution >= 4 is 23.5 Å². The highest BCUT2D eigenvalue weighted by molar-refractivity contribution is 5.98. The standard InChI is InChI=1S/C15H18N2O4/c1-9(2)17-8-11(7-13(17)18)14(19)16-12-5-3-4-10(6-12)15(20)21/h3-6,9,11H,7-8H2,1-2H3,(H,16,19)(H,20,21). The average Bonchev–Trinajstić information content (AvgIpc) is 2.81. The van der Waals surface area contributed by atoms with Gasteiger partial charge in [0, 0.05) is 24.7 Å². The molecule has 1 fully saturated rings. The molecule has 21 heavy (non-hydrogen) atoms. The molecule has 1 aromatic rings. The van der Waals surface area contributed by atoms with E-state index in [0.29, 0.717) is 12.2 Å². The summed E-state index contributed by atoms with van der Waals surface area (Å²) >= 11 is 0. The normalized spacial score (nSPS) is 18.1. The van der Waals surface area contributed by atoms with Crippen LogP contribution in [0.2, 0.25) is 0 Å². The average molecular weight is 290 g/mol. The third-order valence-corrected chi connectivity index (χ3v) is 3.53. The second kappa shape index (κ2) is 5.95. The number of likely N-dealkylation sites (tertiary alicyclic amines) is 1. The fourth-order valence-electron chi connectivity index (χ4n) is 2.38. The maximum Gasteiger partial charge on any atom is 0.335 e. The third-order valence-electron chi connectivity index (χ3n) is 3.53. The second-order valence-electron chi connectivity index (χ2n) is 5.42. The molecule has 1 heterocycles. The number of amides is 2. The lowest BCUT2D eigenvalue weighted by molar-refractivity contribution is -0.129. The van der Waals surface area contributed by atoms with Crippen LogP contribution < -0.4 is 5.32 Å². The number of nitrogens with zero attached hydrogens (tertiary/aromatic N) is 1. The van der Waals surface area contributed by atoms with E-state index < -0.39 is 11.9 Å². The number of carbonyl (C=O) groups is 3. The molecule has 0 saturated carbocycles. The lowest BCUT2D eigenvalue weighted by atomic mass is 10.1. The summed E-state index contributed by atoms with van der Waals surface area (Å²) in [6.45, 7) is 4.23. The van der Waals surface area contributed by atoms with Gasteiger partial charge in [0.2, 0.25) is 11.8 Å². The van der Waals surface area contributed by atoms with Crippen LogP contribution in [0.25, 0.3) is 0 Å². The smallest absolute Gasteiger partial charge is 0.335 e. The Kier molecular flexibility index (Phi) is 4.26. The van der Waals surface area contributed by atoms with E-state index in [0.717, 1.165) is 0 Å². The van der Waals surface area contributed by atoms with Crippen LogP contribution in [0.1, 0.15) is 30.6 Å². The molecule has 2 rings (SSSR count). The minimum absolute atomic E-state index is 0.0237. The van der Waals surface area contributed by atoms with Gasteiger partial charge < -0.3 is 15.3 Å². The van der Waals surface area contributed by atoms with Gasteiger partial charge in [-0.25, -0.2) is 4.79 Å². The molecule has 6 heteroatoms. The van der Waals surface area contributed by atoms with Crippen molar-refractivity contribution in [3.63, 3.8) is 0 Å². The van der Waals surface area contributed by atoms with Crippen molar-refractivity contribution in [3.8, 4) is 0 Å². The molecule has 2 N–H and O–H groups in total. The summed E-state index contributed by atoms with van der Waals surface area (Å²) < 4.78 is 0. The van der Waals surface area contributed by atoms with E-state index in [4.69, 9.17) is 5.11 Å². The highest BCUT2D eigenvalue weighted by atomic mass is 16.4. The molecule has 0 bridgehead atoms. The lowest BCUT2D eigenvalue weighted by Crippen LogP contribution is -2.33. The number of nitrogens with one attached hydrogen (secondary N) is 1. The van der Waals surface area contributed by atoms with E-state index in [2.05, 4.69) is 5.32 Å². The van der Waals surface area contributed by atoms with Crippen molar-refractivity contribution in [2.24, 2.45) is 5.92 Å². The van der Waals surface area contributed by atoms with Crippen LogP contribution in [0.5, 0.6) is 0 Å². The Balaban J connectivity index is 2.04. The zero-order valence-electron chi connectivity index (χ0n) is 12.0. The van der Waals surface area contributed by atoms with Crippen LogP contribution in [0.4, 0.5) is 5.69 Å². The van der Waals surface area contributed by atoms with Gasteiger partial charge in [-0.3, -0.25) is 9.59 Å². The van der Waals surface area contributed by atoms with Crippen molar-refractivity contribution in [2.45, 2.75) is 26.3 Å². The molecule has 112 valence electrons. The Morgan fingerprint density at radius 3 is 2.67 bits per heavy atom. The van der Waals surface area contributed by atoms with Crippen LogP contribution in [0.15, 0.2) is 24.3 Å². The number of carboxylic acid groups (broad SMARTS) is 1. The number of hydrogen-bond donors (Lipinski definition) is 2. The summed E-state index contributed by atoms with van der Waals surface area (Å²) in [4.78, 5) is 36.5. The number of carbonyl (C=O) groups excluding carboxylic acids is 2. The molecule has 2 amide bonds. The highest BCUT2D eigenvalue weighted by Gasteiger charge is 2.35. The summed E-state index contributed by atoms with van der Waals surface area (Å²) in [5, 5.41) is 11.6. The summed E-state index contributed by atoms with van der Waals surface area (Å²) in [6, 6.07) is 6.13. The summed E-state index contributed by atoms with van der Waals surface area (Å²) in [6.07, 6.45) is 0.197. The van der Waals surface area contributed by atoms with Gasteiger partial charge in [-0.15, -0.1) is 0 Å². The molecule has 6 nitrogen and oxygen atoms in total. The summed E-state index contributed by atoms with van der Waals surface area (Å²) in [5.41, 5.74) is 0.537. The fraction of sp³-hybridized carbons (Fsp3) is 0.400. The van der Waals surface area contributed by atoms with E-state index in [1.165, 1.54) is 12.1 Å². The molecule has 1 aliphatic heterocycles. The van der Waals surface area contributed by atoms with Crippen molar-refractivity contribution < 1.29 is 19.5 Å². The Labute approximate surface area is 122 Å². The van der Waals surface area contributed by atoms with Crippen LogP contribution in [0.3, 0.4) is 0 Å². The summed E-state index contributed by atoms with van der Waals surface area (Å²) in [7, 11) is 0. The van der Waals surface area contributed by atoms with Gasteiger partial charge in [-0.05, 0) is 32.0 Å². The first-order valence-corrected chi connectivity index (χ1v) is 6.82. The minimum atomic E-state index is -1.05. The third kappa shape index (κ3) is 3.39. The number of benzene rings is 1. The highest BCUT2D eigenvalue weighted by Crippen LogP contribution is 2.22. The Morgan fingerprint density at radius 2 is 2.10 bits per heavy atom. The topological polar surface area (TPSA) is 86.7 Å².